The summed E-state index contributed by atoms with van der Waals surface area (Å²) < 4.78 is 5.52. The van der Waals surface area contributed by atoms with Gasteiger partial charge in [-0.3, -0.25) is 0 Å². The second kappa shape index (κ2) is 3.55. The molecule has 0 aliphatic carbocycles. The first-order chi connectivity index (χ1) is 6.85. The van der Waals surface area contributed by atoms with Gasteiger partial charge in [-0.05, 0) is 25.0 Å². The van der Waals surface area contributed by atoms with Crippen LogP contribution in [-0.4, -0.2) is 4.98 Å². The Labute approximate surface area is 83.0 Å². The number of hydrogen-bond acceptors (Lipinski definition) is 2. The summed E-state index contributed by atoms with van der Waals surface area (Å²) >= 11 is 0. The van der Waals surface area contributed by atoms with Gasteiger partial charge in [0.25, 0.3) is 0 Å². The summed E-state index contributed by atoms with van der Waals surface area (Å²) in [6, 6.07) is 7.61. The van der Waals surface area contributed by atoms with Crippen molar-refractivity contribution in [2.24, 2.45) is 0 Å². The Morgan fingerprint density at radius 2 is 2.29 bits per heavy atom. The third kappa shape index (κ3) is 1.38. The molecule has 14 heavy (non-hydrogen) atoms. The lowest BCUT2D eigenvalue weighted by molar-refractivity contribution is 0.505. The van der Waals surface area contributed by atoms with Crippen LogP contribution in [0.2, 0.25) is 0 Å². The minimum absolute atomic E-state index is 0.123. The average molecular weight is 184 g/mol. The topological polar surface area (TPSA) is 26.0 Å². The van der Waals surface area contributed by atoms with E-state index in [1.165, 1.54) is 0 Å². The molecule has 1 radical (unpaired) electrons. The van der Waals surface area contributed by atoms with Crippen LogP contribution in [-0.2, 0) is 0 Å². The van der Waals surface area contributed by atoms with Crippen LogP contribution in [0.5, 0.6) is 0 Å². The van der Waals surface area contributed by atoms with Gasteiger partial charge in [-0.2, -0.15) is 0 Å². The minimum Gasteiger partial charge on any atom is -0.439 e. The molecule has 0 fully saturated rings. The number of rotatable bonds is 2. The molecule has 1 atom stereocenters. The second-order valence-electron chi connectivity index (χ2n) is 3.12. The SMILES string of the molecule is [C]#CC(CC)c1nc2ccccc2o1. The highest BCUT2D eigenvalue weighted by Gasteiger charge is 2.13. The molecule has 2 nitrogen and oxygen atoms in total. The van der Waals surface area contributed by atoms with E-state index in [0.717, 1.165) is 17.5 Å². The molecule has 0 aliphatic heterocycles. The average Bonchev–Trinajstić information content (AvgIpc) is 2.63. The van der Waals surface area contributed by atoms with Gasteiger partial charge in [0.1, 0.15) is 5.52 Å². The normalized spacial score (nSPS) is 12.6. The molecule has 0 saturated heterocycles. The third-order valence-corrected chi connectivity index (χ3v) is 2.19. The maximum atomic E-state index is 7.12. The third-order valence-electron chi connectivity index (χ3n) is 2.19. The molecule has 1 aromatic carbocycles. The van der Waals surface area contributed by atoms with Gasteiger partial charge in [-0.15, -0.1) is 0 Å². The standard InChI is InChI=1S/C12H10NO/c1-3-9(4-2)12-13-10-7-5-6-8-11(10)14-12/h5-9H,3H2,1H3. The van der Waals surface area contributed by atoms with Crippen molar-refractivity contribution >= 4 is 11.1 Å². The van der Waals surface area contributed by atoms with Gasteiger partial charge < -0.3 is 4.42 Å². The van der Waals surface area contributed by atoms with Gasteiger partial charge >= 0.3 is 0 Å². The van der Waals surface area contributed by atoms with Gasteiger partial charge in [-0.1, -0.05) is 25.0 Å². The summed E-state index contributed by atoms with van der Waals surface area (Å²) in [6.07, 6.45) is 7.91. The molecular weight excluding hydrogens is 174 g/mol. The number of hydrogen-bond donors (Lipinski definition) is 0. The lowest BCUT2D eigenvalue weighted by Gasteiger charge is -1.98. The molecule has 1 aromatic heterocycles. The summed E-state index contributed by atoms with van der Waals surface area (Å²) in [6.45, 7) is 1.99. The maximum absolute atomic E-state index is 7.12. The van der Waals surface area contributed by atoms with Gasteiger partial charge in [0, 0.05) is 0 Å². The molecule has 2 rings (SSSR count). The predicted molar refractivity (Wildman–Crippen MR) is 54.2 cm³/mol. The molecule has 2 aromatic rings. The zero-order valence-corrected chi connectivity index (χ0v) is 7.95. The van der Waals surface area contributed by atoms with E-state index in [1.54, 1.807) is 0 Å². The van der Waals surface area contributed by atoms with E-state index < -0.39 is 0 Å². The smallest absolute Gasteiger partial charge is 0.210 e. The zero-order chi connectivity index (χ0) is 9.97. The van der Waals surface area contributed by atoms with Crippen molar-refractivity contribution in [3.8, 4) is 5.92 Å². The largest absolute Gasteiger partial charge is 0.439 e. The van der Waals surface area contributed by atoms with Crippen LogP contribution in [0.3, 0.4) is 0 Å². The number of aromatic nitrogens is 1. The molecule has 0 N–H and O–H groups in total. The second-order valence-corrected chi connectivity index (χ2v) is 3.12. The van der Waals surface area contributed by atoms with Crippen molar-refractivity contribution in [3.05, 3.63) is 36.6 Å². The summed E-state index contributed by atoms with van der Waals surface area (Å²) in [5.74, 6) is 2.89. The van der Waals surface area contributed by atoms with Crippen molar-refractivity contribution in [2.45, 2.75) is 19.3 Å². The lowest BCUT2D eigenvalue weighted by atomic mass is 10.1. The number of benzene rings is 1. The number of fused-ring (bicyclic) bond motifs is 1. The Bertz CT molecular complexity index is 445. The van der Waals surface area contributed by atoms with Crippen molar-refractivity contribution in [3.63, 3.8) is 0 Å². The molecule has 0 bridgehead atoms. The van der Waals surface area contributed by atoms with Crippen LogP contribution in [0.4, 0.5) is 0 Å². The first kappa shape index (κ1) is 8.83. The molecule has 0 aliphatic rings. The highest BCUT2D eigenvalue weighted by Crippen LogP contribution is 2.22. The molecule has 1 unspecified atom stereocenters. The Kier molecular flexibility index (Phi) is 2.24. The van der Waals surface area contributed by atoms with E-state index in [4.69, 9.17) is 10.8 Å². The fraction of sp³-hybridized carbons (Fsp3) is 0.250. The van der Waals surface area contributed by atoms with E-state index in [9.17, 15) is 0 Å². The highest BCUT2D eigenvalue weighted by molar-refractivity contribution is 5.72. The number of oxazole rings is 1. The molecule has 0 spiro atoms. The Morgan fingerprint density at radius 1 is 1.50 bits per heavy atom. The summed E-state index contributed by atoms with van der Waals surface area (Å²) in [4.78, 5) is 4.31. The summed E-state index contributed by atoms with van der Waals surface area (Å²) in [5.41, 5.74) is 1.62. The van der Waals surface area contributed by atoms with Crippen molar-refractivity contribution in [1.29, 1.82) is 0 Å². The highest BCUT2D eigenvalue weighted by atomic mass is 16.3. The Hall–Kier alpha value is -1.75. The van der Waals surface area contributed by atoms with Crippen molar-refractivity contribution < 1.29 is 4.42 Å². The fourth-order valence-electron chi connectivity index (χ4n) is 1.38. The van der Waals surface area contributed by atoms with Gasteiger partial charge in [0.2, 0.25) is 5.89 Å². The molecule has 0 amide bonds. The minimum atomic E-state index is -0.123. The molecule has 2 heteroatoms. The molecule has 69 valence electrons. The monoisotopic (exact) mass is 184 g/mol. The van der Waals surface area contributed by atoms with Crippen molar-refractivity contribution in [1.82, 2.24) is 4.98 Å². The Balaban J connectivity index is 2.50. The van der Waals surface area contributed by atoms with Crippen LogP contribution in [0.1, 0.15) is 25.2 Å². The first-order valence-electron chi connectivity index (χ1n) is 4.63. The number of nitrogens with zero attached hydrogens (tertiary/aromatic N) is 1. The van der Waals surface area contributed by atoms with Crippen LogP contribution in [0.15, 0.2) is 28.7 Å². The van der Waals surface area contributed by atoms with Gasteiger partial charge in [-0.25, -0.2) is 4.98 Å². The maximum Gasteiger partial charge on any atom is 0.210 e. The molecule has 1 heterocycles. The number of para-hydroxylation sites is 2. The summed E-state index contributed by atoms with van der Waals surface area (Å²) in [7, 11) is 0. The Morgan fingerprint density at radius 3 is 2.93 bits per heavy atom. The summed E-state index contributed by atoms with van der Waals surface area (Å²) in [5, 5.41) is 0. The van der Waals surface area contributed by atoms with Gasteiger partial charge in [0.05, 0.1) is 5.92 Å². The predicted octanol–water partition coefficient (Wildman–Crippen LogP) is 2.91. The van der Waals surface area contributed by atoms with Crippen LogP contribution in [0.25, 0.3) is 11.1 Å². The van der Waals surface area contributed by atoms with E-state index in [0.29, 0.717) is 5.89 Å². The van der Waals surface area contributed by atoms with E-state index in [-0.39, 0.29) is 5.92 Å². The fourth-order valence-corrected chi connectivity index (χ4v) is 1.38. The van der Waals surface area contributed by atoms with Crippen LogP contribution >= 0.6 is 0 Å². The van der Waals surface area contributed by atoms with E-state index in [2.05, 4.69) is 10.9 Å². The van der Waals surface area contributed by atoms with E-state index in [1.807, 2.05) is 31.2 Å². The quantitative estimate of drug-likeness (QED) is 0.671. The van der Waals surface area contributed by atoms with Crippen LogP contribution in [0, 0.1) is 12.3 Å². The van der Waals surface area contributed by atoms with Crippen LogP contribution < -0.4 is 0 Å². The van der Waals surface area contributed by atoms with E-state index >= 15 is 0 Å². The van der Waals surface area contributed by atoms with Gasteiger partial charge in [0.15, 0.2) is 5.58 Å². The molecular formula is C12H10NO. The lowest BCUT2D eigenvalue weighted by Crippen LogP contribution is -1.92. The zero-order valence-electron chi connectivity index (χ0n) is 7.95. The van der Waals surface area contributed by atoms with Crippen molar-refractivity contribution in [2.75, 3.05) is 0 Å². The molecule has 0 saturated carbocycles. The first-order valence-corrected chi connectivity index (χ1v) is 4.63.